The Morgan fingerprint density at radius 3 is 2.39 bits per heavy atom. The minimum atomic E-state index is -0.630. The number of amides is 2. The number of piperazine rings is 1. The first-order chi connectivity index (χ1) is 23.9. The van der Waals surface area contributed by atoms with Gasteiger partial charge in [-0.25, -0.2) is 15.4 Å². The number of nitrogens with zero attached hydrogens (tertiary/aromatic N) is 5. The summed E-state index contributed by atoms with van der Waals surface area (Å²) in [7, 11) is 1.69. The topological polar surface area (TPSA) is 170 Å². The Morgan fingerprint density at radius 2 is 1.71 bits per heavy atom. The number of hydrogen-bond donors (Lipinski definition) is 5. The average Bonchev–Trinajstić information content (AvgIpc) is 3.13. The molecule has 14 nitrogen and oxygen atoms in total. The summed E-state index contributed by atoms with van der Waals surface area (Å²) in [6, 6.07) is 6.82. The summed E-state index contributed by atoms with van der Waals surface area (Å²) in [6.45, 7) is 10.8. The van der Waals surface area contributed by atoms with Gasteiger partial charge in [0.05, 0.1) is 18.5 Å². The summed E-state index contributed by atoms with van der Waals surface area (Å²) in [4.78, 5) is 40.6. The fourth-order valence-corrected chi connectivity index (χ4v) is 7.13. The lowest BCUT2D eigenvalue weighted by molar-refractivity contribution is -0.129. The van der Waals surface area contributed by atoms with Crippen LogP contribution >= 0.6 is 0 Å². The van der Waals surface area contributed by atoms with Gasteiger partial charge in [0.25, 0.3) is 5.91 Å². The highest BCUT2D eigenvalue weighted by Gasteiger charge is 2.29. The van der Waals surface area contributed by atoms with Crippen molar-refractivity contribution < 1.29 is 24.3 Å². The molecule has 0 bridgehead atoms. The van der Waals surface area contributed by atoms with Crippen LogP contribution in [0.2, 0.25) is 0 Å². The predicted octanol–water partition coefficient (Wildman–Crippen LogP) is 3.52. The number of anilines is 4. The first-order valence-corrected chi connectivity index (χ1v) is 18.0. The molecule has 3 saturated heterocycles. The second-order valence-corrected chi connectivity index (χ2v) is 13.3. The van der Waals surface area contributed by atoms with Gasteiger partial charge in [0.2, 0.25) is 5.91 Å². The van der Waals surface area contributed by atoms with Gasteiger partial charge in [-0.1, -0.05) is 19.8 Å². The smallest absolute Gasteiger partial charge is 0.271 e. The van der Waals surface area contributed by atoms with Crippen molar-refractivity contribution in [1.82, 2.24) is 25.2 Å². The summed E-state index contributed by atoms with van der Waals surface area (Å²) < 4.78 is 11.4. The largest absolute Gasteiger partial charge is 0.495 e. The Bertz CT molecular complexity index is 1370. The summed E-state index contributed by atoms with van der Waals surface area (Å²) >= 11 is 0. The molecular weight excluding hydrogens is 626 g/mol. The first kappa shape index (κ1) is 36.6. The number of methoxy groups -OCH3 is 1. The number of hydroxylamine groups is 1. The van der Waals surface area contributed by atoms with E-state index >= 15 is 0 Å². The SMILES string of the molecule is CCc1nc(C(N)=O)c(Nc2ccc(N3CCC(N4CCN(CCCCCCC(=O)NO)CC4)CC3)c(OC)c2)nc1NC1CCOCC1. The van der Waals surface area contributed by atoms with Crippen molar-refractivity contribution in [2.24, 2.45) is 5.73 Å². The molecule has 0 aliphatic carbocycles. The third-order valence-corrected chi connectivity index (χ3v) is 10.0. The van der Waals surface area contributed by atoms with Crippen LogP contribution in [0.15, 0.2) is 18.2 Å². The molecule has 0 atom stereocenters. The van der Waals surface area contributed by atoms with E-state index in [1.54, 1.807) is 12.6 Å². The zero-order chi connectivity index (χ0) is 34.6. The first-order valence-electron chi connectivity index (χ1n) is 18.0. The molecule has 3 aliphatic rings. The maximum Gasteiger partial charge on any atom is 0.271 e. The molecule has 3 aliphatic heterocycles. The Hall–Kier alpha value is -3.72. The van der Waals surface area contributed by atoms with Gasteiger partial charge in [0, 0.05) is 82.7 Å². The van der Waals surface area contributed by atoms with Crippen LogP contribution in [0.25, 0.3) is 0 Å². The van der Waals surface area contributed by atoms with Crippen molar-refractivity contribution in [3.05, 3.63) is 29.6 Å². The molecular formula is C35H55N9O5. The van der Waals surface area contributed by atoms with E-state index in [1.165, 1.54) is 0 Å². The van der Waals surface area contributed by atoms with Gasteiger partial charge in [0.15, 0.2) is 17.3 Å². The molecule has 1 aromatic carbocycles. The van der Waals surface area contributed by atoms with E-state index in [4.69, 9.17) is 25.4 Å². The quantitative estimate of drug-likeness (QED) is 0.0994. The fourth-order valence-electron chi connectivity index (χ4n) is 7.13. The monoisotopic (exact) mass is 681 g/mol. The molecule has 14 heteroatoms. The van der Waals surface area contributed by atoms with Gasteiger partial charge in [-0.3, -0.25) is 19.7 Å². The van der Waals surface area contributed by atoms with Gasteiger partial charge >= 0.3 is 0 Å². The van der Waals surface area contributed by atoms with E-state index in [-0.39, 0.29) is 17.6 Å². The van der Waals surface area contributed by atoms with Gasteiger partial charge < -0.3 is 35.6 Å². The molecule has 2 amide bonds. The van der Waals surface area contributed by atoms with Gasteiger partial charge in [-0.2, -0.15) is 0 Å². The van der Waals surface area contributed by atoms with Crippen LogP contribution in [0, 0.1) is 0 Å². The van der Waals surface area contributed by atoms with E-state index < -0.39 is 5.91 Å². The highest BCUT2D eigenvalue weighted by atomic mass is 16.5. The zero-order valence-corrected chi connectivity index (χ0v) is 29.2. The molecule has 270 valence electrons. The second kappa shape index (κ2) is 18.3. The van der Waals surface area contributed by atoms with Crippen molar-refractivity contribution in [3.8, 4) is 5.75 Å². The minimum absolute atomic E-state index is 0.113. The van der Waals surface area contributed by atoms with Crippen LogP contribution in [-0.4, -0.2) is 115 Å². The number of nitrogens with one attached hydrogen (secondary N) is 3. The van der Waals surface area contributed by atoms with Crippen LogP contribution in [0.1, 0.15) is 80.9 Å². The molecule has 5 rings (SSSR count). The number of rotatable bonds is 16. The number of carbonyl (C=O) groups is 2. The van der Waals surface area contributed by atoms with Crippen LogP contribution in [-0.2, 0) is 16.0 Å². The van der Waals surface area contributed by atoms with E-state index in [0.717, 1.165) is 114 Å². The van der Waals surface area contributed by atoms with Gasteiger partial charge in [-0.15, -0.1) is 0 Å². The number of hydrogen-bond acceptors (Lipinski definition) is 12. The Balaban J connectivity index is 1.13. The molecule has 0 unspecified atom stereocenters. The summed E-state index contributed by atoms with van der Waals surface area (Å²) in [5, 5.41) is 15.4. The lowest BCUT2D eigenvalue weighted by Gasteiger charge is -2.43. The number of benzene rings is 1. The molecule has 4 heterocycles. The van der Waals surface area contributed by atoms with E-state index in [2.05, 4.69) is 36.4 Å². The molecule has 1 aromatic heterocycles. The number of piperidine rings is 1. The fraction of sp³-hybridized carbons (Fsp3) is 0.657. The third kappa shape index (κ3) is 10.2. The van der Waals surface area contributed by atoms with Gasteiger partial charge in [0.1, 0.15) is 5.75 Å². The van der Waals surface area contributed by atoms with Crippen LogP contribution in [0.3, 0.4) is 0 Å². The number of carbonyl (C=O) groups excluding carboxylic acids is 2. The van der Waals surface area contributed by atoms with Gasteiger partial charge in [-0.05, 0) is 63.6 Å². The van der Waals surface area contributed by atoms with Crippen LogP contribution < -0.4 is 31.5 Å². The number of ether oxygens (including phenoxy) is 2. The summed E-state index contributed by atoms with van der Waals surface area (Å²) in [5.74, 6) is 0.807. The highest BCUT2D eigenvalue weighted by molar-refractivity contribution is 5.96. The summed E-state index contributed by atoms with van der Waals surface area (Å²) in [6.07, 6.45) is 9.09. The van der Waals surface area contributed by atoms with Crippen molar-refractivity contribution in [3.63, 3.8) is 0 Å². The van der Waals surface area contributed by atoms with Crippen molar-refractivity contribution >= 4 is 34.8 Å². The standard InChI is InChI=1S/C35H55N9O5/c1-3-28-34(37-25-13-22-49-23-14-25)40-35(32(39-28)33(36)46)38-26-9-10-29(30(24-26)48-2)44-16-11-27(12-17-44)43-20-18-42(19-21-43)15-7-5-4-6-8-31(45)41-47/h9-10,24-25,27,47H,3-8,11-23H2,1-2H3,(H2,36,46)(H,41,45)(H2,37,38,40). The minimum Gasteiger partial charge on any atom is -0.495 e. The number of unbranched alkanes of at least 4 members (excludes halogenated alkanes) is 3. The molecule has 6 N–H and O–H groups in total. The maximum atomic E-state index is 12.4. The molecule has 0 saturated carbocycles. The molecule has 2 aromatic rings. The second-order valence-electron chi connectivity index (χ2n) is 13.3. The molecule has 3 fully saturated rings. The third-order valence-electron chi connectivity index (χ3n) is 10.0. The maximum absolute atomic E-state index is 12.4. The predicted molar refractivity (Wildman–Crippen MR) is 190 cm³/mol. The Kier molecular flexibility index (Phi) is 13.7. The molecule has 0 spiro atoms. The Labute approximate surface area is 290 Å². The lowest BCUT2D eigenvalue weighted by Crippen LogP contribution is -2.53. The van der Waals surface area contributed by atoms with Crippen molar-refractivity contribution in [1.29, 1.82) is 0 Å². The summed E-state index contributed by atoms with van der Waals surface area (Å²) in [5.41, 5.74) is 10.1. The number of nitrogens with two attached hydrogens (primary N) is 1. The van der Waals surface area contributed by atoms with Crippen molar-refractivity contribution in [2.45, 2.75) is 83.2 Å². The molecule has 49 heavy (non-hydrogen) atoms. The van der Waals surface area contributed by atoms with Crippen molar-refractivity contribution in [2.75, 3.05) is 81.7 Å². The number of primary amides is 1. The molecule has 0 radical (unpaired) electrons. The van der Waals surface area contributed by atoms with Crippen LogP contribution in [0.5, 0.6) is 5.75 Å². The lowest BCUT2D eigenvalue weighted by atomic mass is 10.0. The zero-order valence-electron chi connectivity index (χ0n) is 29.2. The highest BCUT2D eigenvalue weighted by Crippen LogP contribution is 2.35. The number of aromatic nitrogens is 2. The Morgan fingerprint density at radius 1 is 0.980 bits per heavy atom. The van der Waals surface area contributed by atoms with Crippen LogP contribution in [0.4, 0.5) is 23.0 Å². The van der Waals surface area contributed by atoms with E-state index in [1.807, 2.05) is 19.1 Å². The van der Waals surface area contributed by atoms with E-state index in [9.17, 15) is 9.59 Å². The normalized spacial score (nSPS) is 18.3. The van der Waals surface area contributed by atoms with E-state index in [0.29, 0.717) is 49.4 Å². The average molecular weight is 682 g/mol. The number of aryl methyl sites for hydroxylation is 1.